The zero-order valence-electron chi connectivity index (χ0n) is 15.9. The summed E-state index contributed by atoms with van der Waals surface area (Å²) in [6.07, 6.45) is 4.10. The first-order valence-electron chi connectivity index (χ1n) is 9.23. The van der Waals surface area contributed by atoms with Crippen LogP contribution in [0.5, 0.6) is 5.75 Å². The molecule has 0 radical (unpaired) electrons. The first-order valence-corrected chi connectivity index (χ1v) is 9.23. The maximum Gasteiger partial charge on any atom is 0.146 e. The summed E-state index contributed by atoms with van der Waals surface area (Å²) in [5.74, 6) is 1.78. The summed E-state index contributed by atoms with van der Waals surface area (Å²) in [5.41, 5.74) is 1.28. The van der Waals surface area contributed by atoms with E-state index in [0.29, 0.717) is 13.2 Å². The van der Waals surface area contributed by atoms with Gasteiger partial charge in [-0.1, -0.05) is 12.1 Å². The monoisotopic (exact) mass is 359 g/mol. The van der Waals surface area contributed by atoms with Crippen LogP contribution in [0.25, 0.3) is 0 Å². The third-order valence-electron chi connectivity index (χ3n) is 4.46. The van der Waals surface area contributed by atoms with Crippen molar-refractivity contribution < 1.29 is 14.2 Å². The van der Waals surface area contributed by atoms with Gasteiger partial charge in [-0.2, -0.15) is 0 Å². The molecule has 6 heteroatoms. The normalized spacial score (nSPS) is 18.4. The van der Waals surface area contributed by atoms with Crippen molar-refractivity contribution >= 4 is 0 Å². The van der Waals surface area contributed by atoms with E-state index in [1.54, 1.807) is 6.20 Å². The molecule has 0 spiro atoms. The van der Waals surface area contributed by atoms with Gasteiger partial charge in [0.25, 0.3) is 0 Å². The van der Waals surface area contributed by atoms with Crippen LogP contribution in [0.4, 0.5) is 0 Å². The Morgan fingerprint density at radius 2 is 2.08 bits per heavy atom. The van der Waals surface area contributed by atoms with Crippen molar-refractivity contribution in [1.29, 1.82) is 0 Å². The predicted molar refractivity (Wildman–Crippen MR) is 100 cm³/mol. The lowest BCUT2D eigenvalue weighted by Crippen LogP contribution is -2.44. The van der Waals surface area contributed by atoms with Gasteiger partial charge in [-0.3, -0.25) is 4.90 Å². The predicted octanol–water partition coefficient (Wildman–Crippen LogP) is 2.62. The van der Waals surface area contributed by atoms with Crippen LogP contribution < -0.4 is 4.74 Å². The van der Waals surface area contributed by atoms with E-state index in [1.807, 2.05) is 29.9 Å². The van der Waals surface area contributed by atoms with Crippen LogP contribution in [0.2, 0.25) is 0 Å². The Morgan fingerprint density at radius 1 is 1.27 bits per heavy atom. The molecule has 1 aromatic carbocycles. The highest BCUT2D eigenvalue weighted by atomic mass is 16.5. The third-order valence-corrected chi connectivity index (χ3v) is 4.46. The zero-order valence-corrected chi connectivity index (χ0v) is 15.9. The molecular formula is C20H29N3O3. The summed E-state index contributed by atoms with van der Waals surface area (Å²) in [7, 11) is 1.97. The second kappa shape index (κ2) is 9.16. The quantitative estimate of drug-likeness (QED) is 0.725. The molecule has 1 unspecified atom stereocenters. The molecule has 0 amide bonds. The van der Waals surface area contributed by atoms with Gasteiger partial charge >= 0.3 is 0 Å². The van der Waals surface area contributed by atoms with Crippen LogP contribution in [0.3, 0.4) is 0 Å². The van der Waals surface area contributed by atoms with Crippen molar-refractivity contribution in [2.45, 2.75) is 39.2 Å². The molecular weight excluding hydrogens is 330 g/mol. The molecule has 0 bridgehead atoms. The lowest BCUT2D eigenvalue weighted by Gasteiger charge is -2.33. The van der Waals surface area contributed by atoms with Crippen molar-refractivity contribution in [1.82, 2.24) is 14.5 Å². The smallest absolute Gasteiger partial charge is 0.146 e. The van der Waals surface area contributed by atoms with Gasteiger partial charge in [0.15, 0.2) is 0 Å². The molecule has 3 rings (SSSR count). The Hall–Kier alpha value is -1.89. The zero-order chi connectivity index (χ0) is 18.4. The van der Waals surface area contributed by atoms with Crippen LogP contribution in [-0.4, -0.2) is 53.0 Å². The van der Waals surface area contributed by atoms with Crippen LogP contribution in [0.1, 0.15) is 25.2 Å². The molecule has 0 N–H and O–H groups in total. The van der Waals surface area contributed by atoms with Crippen molar-refractivity contribution in [3.05, 3.63) is 48.0 Å². The molecule has 142 valence electrons. The van der Waals surface area contributed by atoms with Crippen molar-refractivity contribution in [3.8, 4) is 5.75 Å². The van der Waals surface area contributed by atoms with Crippen LogP contribution in [-0.2, 0) is 29.7 Å². The van der Waals surface area contributed by atoms with E-state index in [-0.39, 0.29) is 12.2 Å². The fourth-order valence-corrected chi connectivity index (χ4v) is 2.96. The minimum atomic E-state index is 0.159. The number of morpholine rings is 1. The molecule has 26 heavy (non-hydrogen) atoms. The van der Waals surface area contributed by atoms with Gasteiger partial charge in [0.05, 0.1) is 25.4 Å². The molecule has 0 saturated carbocycles. The maximum atomic E-state index is 5.81. The molecule has 6 nitrogen and oxygen atoms in total. The Morgan fingerprint density at radius 3 is 2.77 bits per heavy atom. The molecule has 1 aliphatic heterocycles. The van der Waals surface area contributed by atoms with Gasteiger partial charge in [0.1, 0.15) is 18.2 Å². The van der Waals surface area contributed by atoms with E-state index >= 15 is 0 Å². The summed E-state index contributed by atoms with van der Waals surface area (Å²) in [6, 6.07) is 8.31. The van der Waals surface area contributed by atoms with E-state index in [4.69, 9.17) is 14.2 Å². The van der Waals surface area contributed by atoms with Gasteiger partial charge in [-0.15, -0.1) is 0 Å². The van der Waals surface area contributed by atoms with Crippen LogP contribution >= 0.6 is 0 Å². The minimum absolute atomic E-state index is 0.159. The molecule has 1 aliphatic rings. The lowest BCUT2D eigenvalue weighted by molar-refractivity contribution is -0.0814. The van der Waals surface area contributed by atoms with Crippen LogP contribution in [0.15, 0.2) is 36.7 Å². The Labute approximate surface area is 155 Å². The summed E-state index contributed by atoms with van der Waals surface area (Å²) < 4.78 is 19.3. The highest BCUT2D eigenvalue weighted by molar-refractivity contribution is 5.27. The van der Waals surface area contributed by atoms with E-state index in [0.717, 1.165) is 37.8 Å². The largest absolute Gasteiger partial charge is 0.486 e. The molecule has 2 aromatic rings. The van der Waals surface area contributed by atoms with Gasteiger partial charge in [-0.05, 0) is 31.5 Å². The van der Waals surface area contributed by atoms with E-state index < -0.39 is 0 Å². The summed E-state index contributed by atoms with van der Waals surface area (Å²) in [6.45, 7) is 8.78. The third kappa shape index (κ3) is 5.56. The molecule has 2 heterocycles. The fraction of sp³-hybridized carbons (Fsp3) is 0.550. The first-order chi connectivity index (χ1) is 12.6. The van der Waals surface area contributed by atoms with E-state index in [9.17, 15) is 0 Å². The summed E-state index contributed by atoms with van der Waals surface area (Å²) >= 11 is 0. The molecule has 1 fully saturated rings. The van der Waals surface area contributed by atoms with Crippen LogP contribution in [0, 0.1) is 0 Å². The van der Waals surface area contributed by atoms with Gasteiger partial charge in [0, 0.05) is 39.1 Å². The highest BCUT2D eigenvalue weighted by Crippen LogP contribution is 2.16. The molecule has 1 saturated heterocycles. The average Bonchev–Trinajstić information content (AvgIpc) is 3.05. The summed E-state index contributed by atoms with van der Waals surface area (Å²) in [4.78, 5) is 6.69. The Kier molecular flexibility index (Phi) is 6.66. The molecule has 0 aliphatic carbocycles. The summed E-state index contributed by atoms with van der Waals surface area (Å²) in [5, 5.41) is 0. The lowest BCUT2D eigenvalue weighted by atomic mass is 10.2. The number of ether oxygens (including phenoxy) is 3. The second-order valence-corrected chi connectivity index (χ2v) is 7.00. The number of hydrogen-bond acceptors (Lipinski definition) is 5. The standard InChI is InChI=1S/C20H29N3O3/c1-16(2)25-14-19-13-23(10-11-24-19)12-17-4-6-18(7-5-17)26-15-20-21-8-9-22(20)3/h4-9,16,19H,10-15H2,1-3H3. The molecule has 1 aromatic heterocycles. The Bertz CT molecular complexity index is 669. The van der Waals surface area contributed by atoms with Gasteiger partial charge < -0.3 is 18.8 Å². The second-order valence-electron chi connectivity index (χ2n) is 7.00. The number of aromatic nitrogens is 2. The van der Waals surface area contributed by atoms with Crippen molar-refractivity contribution in [2.75, 3.05) is 26.3 Å². The van der Waals surface area contributed by atoms with Crippen molar-refractivity contribution in [2.24, 2.45) is 7.05 Å². The topological polar surface area (TPSA) is 48.8 Å². The van der Waals surface area contributed by atoms with Gasteiger partial charge in [0.2, 0.25) is 0 Å². The Balaban J connectivity index is 1.47. The SMILES string of the molecule is CC(C)OCC1CN(Cc2ccc(OCc3nccn3C)cc2)CCO1. The number of hydrogen-bond donors (Lipinski definition) is 0. The fourth-order valence-electron chi connectivity index (χ4n) is 2.96. The number of nitrogens with zero attached hydrogens (tertiary/aromatic N) is 3. The van der Waals surface area contributed by atoms with Crippen molar-refractivity contribution in [3.63, 3.8) is 0 Å². The maximum absolute atomic E-state index is 5.81. The number of rotatable bonds is 8. The molecule has 1 atom stereocenters. The highest BCUT2D eigenvalue weighted by Gasteiger charge is 2.21. The van der Waals surface area contributed by atoms with Gasteiger partial charge in [-0.25, -0.2) is 4.98 Å². The van der Waals surface area contributed by atoms with E-state index in [2.05, 4.69) is 35.9 Å². The number of aryl methyl sites for hydroxylation is 1. The van der Waals surface area contributed by atoms with E-state index in [1.165, 1.54) is 5.56 Å². The first kappa shape index (κ1) is 18.9. The minimum Gasteiger partial charge on any atom is -0.486 e. The number of imidazole rings is 1. The number of benzene rings is 1. The average molecular weight is 359 g/mol.